The standard InChI is InChI=1S/C18H19N3O3S/c22-15(6-5-14-2-1-7-25-14)21-8-13-9-23-11-18(13,10-21)17-20-19-16(24-17)12-3-4-12/h1-2,5-7,12-13H,3-4,8-11H2/b6-5+/t13-,18-/m1/s1. The molecule has 130 valence electrons. The van der Waals surface area contributed by atoms with Crippen LogP contribution in [0.1, 0.15) is 35.4 Å². The van der Waals surface area contributed by atoms with E-state index < -0.39 is 0 Å². The highest BCUT2D eigenvalue weighted by atomic mass is 32.1. The summed E-state index contributed by atoms with van der Waals surface area (Å²) in [7, 11) is 0. The quantitative estimate of drug-likeness (QED) is 0.786. The lowest BCUT2D eigenvalue weighted by atomic mass is 9.81. The van der Waals surface area contributed by atoms with Crippen LogP contribution in [0.3, 0.4) is 0 Å². The van der Waals surface area contributed by atoms with Gasteiger partial charge in [-0.2, -0.15) is 0 Å². The SMILES string of the molecule is O=C(/C=C/c1cccs1)N1C[C@@H]2COC[C@]2(c2nnc(C3CC3)o2)C1. The Bertz CT molecular complexity index is 811. The molecule has 0 radical (unpaired) electrons. The molecule has 6 nitrogen and oxygen atoms in total. The molecule has 0 aromatic carbocycles. The zero-order chi connectivity index (χ0) is 16.9. The molecule has 2 aromatic rings. The average Bonchev–Trinajstić information content (AvgIpc) is 3.07. The highest BCUT2D eigenvalue weighted by Gasteiger charge is 2.56. The number of ether oxygens (including phenoxy) is 1. The Labute approximate surface area is 149 Å². The fourth-order valence-corrected chi connectivity index (χ4v) is 4.40. The van der Waals surface area contributed by atoms with Crippen molar-refractivity contribution in [3.63, 3.8) is 0 Å². The highest BCUT2D eigenvalue weighted by Crippen LogP contribution is 2.45. The number of aromatic nitrogens is 2. The number of fused-ring (bicyclic) bond motifs is 1. The van der Waals surface area contributed by atoms with E-state index in [-0.39, 0.29) is 17.2 Å². The van der Waals surface area contributed by atoms with Gasteiger partial charge in [-0.05, 0) is 30.4 Å². The molecule has 0 N–H and O–H groups in total. The monoisotopic (exact) mass is 357 g/mol. The predicted molar refractivity (Wildman–Crippen MR) is 92.2 cm³/mol. The third-order valence-electron chi connectivity index (χ3n) is 5.41. The maximum Gasteiger partial charge on any atom is 0.246 e. The molecule has 2 atom stereocenters. The van der Waals surface area contributed by atoms with Crippen molar-refractivity contribution in [2.75, 3.05) is 26.3 Å². The summed E-state index contributed by atoms with van der Waals surface area (Å²) < 4.78 is 11.7. The Hall–Kier alpha value is -1.99. The number of likely N-dealkylation sites (tertiary alicyclic amines) is 1. The maximum absolute atomic E-state index is 12.6. The first-order chi connectivity index (χ1) is 12.2. The zero-order valence-corrected chi connectivity index (χ0v) is 14.6. The normalized spacial score (nSPS) is 28.8. The highest BCUT2D eigenvalue weighted by molar-refractivity contribution is 7.10. The Morgan fingerprint density at radius 2 is 2.32 bits per heavy atom. The van der Waals surface area contributed by atoms with Gasteiger partial charge in [0.05, 0.1) is 18.6 Å². The Kier molecular flexibility index (Phi) is 3.53. The van der Waals surface area contributed by atoms with Crippen molar-refractivity contribution < 1.29 is 13.9 Å². The van der Waals surface area contributed by atoms with Crippen molar-refractivity contribution >= 4 is 23.3 Å². The second-order valence-electron chi connectivity index (χ2n) is 7.16. The van der Waals surface area contributed by atoms with E-state index in [9.17, 15) is 4.79 Å². The van der Waals surface area contributed by atoms with E-state index in [1.165, 1.54) is 0 Å². The first-order valence-electron chi connectivity index (χ1n) is 8.67. The minimum Gasteiger partial charge on any atom is -0.424 e. The second kappa shape index (κ2) is 5.78. The minimum absolute atomic E-state index is 0.0316. The van der Waals surface area contributed by atoms with E-state index in [1.807, 2.05) is 28.5 Å². The van der Waals surface area contributed by atoms with Gasteiger partial charge in [0.1, 0.15) is 0 Å². The number of thiophene rings is 1. The summed E-state index contributed by atoms with van der Waals surface area (Å²) in [5.41, 5.74) is -0.341. The van der Waals surface area contributed by atoms with E-state index in [4.69, 9.17) is 9.15 Å². The number of carbonyl (C=O) groups excluding carboxylic acids is 1. The van der Waals surface area contributed by atoms with Crippen LogP contribution in [0.5, 0.6) is 0 Å². The van der Waals surface area contributed by atoms with Crippen LogP contribution in [0.2, 0.25) is 0 Å². The fraction of sp³-hybridized carbons (Fsp3) is 0.500. The largest absolute Gasteiger partial charge is 0.424 e. The Morgan fingerprint density at radius 3 is 3.12 bits per heavy atom. The summed E-state index contributed by atoms with van der Waals surface area (Å²) in [6, 6.07) is 3.98. The van der Waals surface area contributed by atoms with Crippen LogP contribution in [0, 0.1) is 5.92 Å². The number of rotatable bonds is 4. The maximum atomic E-state index is 12.6. The van der Waals surface area contributed by atoms with Crippen LogP contribution in [0.4, 0.5) is 0 Å². The fourth-order valence-electron chi connectivity index (χ4n) is 3.78. The molecule has 2 aromatic heterocycles. The summed E-state index contributed by atoms with van der Waals surface area (Å²) in [6.07, 6.45) is 5.80. The molecular formula is C18H19N3O3S. The number of nitrogens with zero attached hydrogens (tertiary/aromatic N) is 3. The molecule has 25 heavy (non-hydrogen) atoms. The molecule has 1 aliphatic carbocycles. The molecule has 0 spiro atoms. The van der Waals surface area contributed by atoms with Gasteiger partial charge in [-0.15, -0.1) is 21.5 Å². The van der Waals surface area contributed by atoms with Crippen molar-refractivity contribution in [1.29, 1.82) is 0 Å². The minimum atomic E-state index is -0.341. The summed E-state index contributed by atoms with van der Waals surface area (Å²) in [6.45, 7) is 2.44. The Balaban J connectivity index is 1.36. The van der Waals surface area contributed by atoms with E-state index in [0.717, 1.165) is 23.6 Å². The lowest BCUT2D eigenvalue weighted by Crippen LogP contribution is -2.37. The van der Waals surface area contributed by atoms with E-state index in [1.54, 1.807) is 17.4 Å². The molecule has 1 amide bonds. The van der Waals surface area contributed by atoms with Gasteiger partial charge in [-0.3, -0.25) is 4.79 Å². The van der Waals surface area contributed by atoms with E-state index in [2.05, 4.69) is 10.2 Å². The Morgan fingerprint density at radius 1 is 1.40 bits per heavy atom. The lowest BCUT2D eigenvalue weighted by molar-refractivity contribution is -0.125. The van der Waals surface area contributed by atoms with Gasteiger partial charge in [0.2, 0.25) is 17.7 Å². The topological polar surface area (TPSA) is 68.5 Å². The molecule has 7 heteroatoms. The van der Waals surface area contributed by atoms with Gasteiger partial charge in [-0.25, -0.2) is 0 Å². The number of hydrogen-bond acceptors (Lipinski definition) is 6. The summed E-state index contributed by atoms with van der Waals surface area (Å²) in [5, 5.41) is 10.6. The molecule has 0 unspecified atom stereocenters. The van der Waals surface area contributed by atoms with Crippen molar-refractivity contribution in [3.8, 4) is 0 Å². The molecular weight excluding hydrogens is 338 g/mol. The van der Waals surface area contributed by atoms with Crippen molar-refractivity contribution in [1.82, 2.24) is 15.1 Å². The van der Waals surface area contributed by atoms with Gasteiger partial charge >= 0.3 is 0 Å². The van der Waals surface area contributed by atoms with Crippen LogP contribution in [-0.4, -0.2) is 47.3 Å². The van der Waals surface area contributed by atoms with Gasteiger partial charge in [0.15, 0.2) is 0 Å². The smallest absolute Gasteiger partial charge is 0.246 e. The van der Waals surface area contributed by atoms with Crippen LogP contribution in [0.15, 0.2) is 28.0 Å². The van der Waals surface area contributed by atoms with E-state index >= 15 is 0 Å². The molecule has 5 rings (SSSR count). The number of hydrogen-bond donors (Lipinski definition) is 0. The summed E-state index contributed by atoms with van der Waals surface area (Å²) >= 11 is 1.62. The van der Waals surface area contributed by atoms with Crippen molar-refractivity contribution in [3.05, 3.63) is 40.2 Å². The van der Waals surface area contributed by atoms with Crippen molar-refractivity contribution in [2.24, 2.45) is 5.92 Å². The summed E-state index contributed by atoms with van der Waals surface area (Å²) in [4.78, 5) is 15.6. The molecule has 2 saturated heterocycles. The first-order valence-corrected chi connectivity index (χ1v) is 9.55. The molecule has 0 bridgehead atoms. The molecule has 3 aliphatic rings. The third-order valence-corrected chi connectivity index (χ3v) is 6.25. The lowest BCUT2D eigenvalue weighted by Gasteiger charge is -2.22. The van der Waals surface area contributed by atoms with Crippen LogP contribution in [0.25, 0.3) is 6.08 Å². The molecule has 2 aliphatic heterocycles. The van der Waals surface area contributed by atoms with Crippen LogP contribution in [-0.2, 0) is 14.9 Å². The zero-order valence-electron chi connectivity index (χ0n) is 13.8. The van der Waals surface area contributed by atoms with E-state index in [0.29, 0.717) is 38.1 Å². The first kappa shape index (κ1) is 15.3. The van der Waals surface area contributed by atoms with Gasteiger partial charge in [0, 0.05) is 35.9 Å². The summed E-state index contributed by atoms with van der Waals surface area (Å²) in [5.74, 6) is 2.08. The number of amides is 1. The van der Waals surface area contributed by atoms with Gasteiger partial charge < -0.3 is 14.1 Å². The average molecular weight is 357 g/mol. The molecule has 3 fully saturated rings. The molecule has 4 heterocycles. The third kappa shape index (κ3) is 2.62. The van der Waals surface area contributed by atoms with Crippen LogP contribution >= 0.6 is 11.3 Å². The number of carbonyl (C=O) groups is 1. The van der Waals surface area contributed by atoms with Gasteiger partial charge in [0.25, 0.3) is 0 Å². The second-order valence-corrected chi connectivity index (χ2v) is 8.13. The molecule has 1 saturated carbocycles. The van der Waals surface area contributed by atoms with Crippen molar-refractivity contribution in [2.45, 2.75) is 24.2 Å². The van der Waals surface area contributed by atoms with Crippen LogP contribution < -0.4 is 0 Å². The van der Waals surface area contributed by atoms with Gasteiger partial charge in [-0.1, -0.05) is 6.07 Å². The predicted octanol–water partition coefficient (Wildman–Crippen LogP) is 2.45.